The predicted molar refractivity (Wildman–Crippen MR) is 67.4 cm³/mol. The van der Waals surface area contributed by atoms with E-state index >= 15 is 0 Å². The Morgan fingerprint density at radius 2 is 2.21 bits per heavy atom. The Hall–Kier alpha value is -1.96. The van der Waals surface area contributed by atoms with Gasteiger partial charge in [0.25, 0.3) is 0 Å². The Morgan fingerprint density at radius 3 is 2.68 bits per heavy atom. The molecule has 1 amide bonds. The van der Waals surface area contributed by atoms with Gasteiger partial charge >= 0.3 is 5.97 Å². The van der Waals surface area contributed by atoms with E-state index in [0.717, 1.165) is 0 Å². The molecule has 1 rings (SSSR count). The number of nitrogens with two attached hydrogens (primary N) is 1. The van der Waals surface area contributed by atoms with Crippen molar-refractivity contribution in [3.8, 4) is 0 Å². The van der Waals surface area contributed by atoms with Crippen molar-refractivity contribution in [2.45, 2.75) is 20.4 Å². The minimum Gasteiger partial charge on any atom is -0.476 e. The van der Waals surface area contributed by atoms with Gasteiger partial charge in [0.15, 0.2) is 5.69 Å². The molecule has 0 saturated heterocycles. The number of hydrogen-bond donors (Lipinski definition) is 3. The molecular formula is C11H19N5O3. The number of carboxylic acid groups (broad SMARTS) is 1. The summed E-state index contributed by atoms with van der Waals surface area (Å²) in [6.07, 6.45) is 1.32. The van der Waals surface area contributed by atoms with E-state index in [1.165, 1.54) is 10.9 Å². The Morgan fingerprint density at radius 1 is 1.53 bits per heavy atom. The lowest BCUT2D eigenvalue weighted by atomic mass is 9.95. The molecule has 0 aromatic carbocycles. The molecule has 1 unspecified atom stereocenters. The summed E-state index contributed by atoms with van der Waals surface area (Å²) in [7, 11) is 0. The molecule has 0 radical (unpaired) electrons. The highest BCUT2D eigenvalue weighted by Gasteiger charge is 2.19. The van der Waals surface area contributed by atoms with Gasteiger partial charge in [-0.3, -0.25) is 4.79 Å². The van der Waals surface area contributed by atoms with Gasteiger partial charge in [0.2, 0.25) is 5.91 Å². The van der Waals surface area contributed by atoms with Crippen LogP contribution in [0.3, 0.4) is 0 Å². The van der Waals surface area contributed by atoms with Crippen LogP contribution in [0.25, 0.3) is 0 Å². The number of aromatic carboxylic acids is 1. The second kappa shape index (κ2) is 6.83. The molecule has 0 fully saturated rings. The molecule has 0 aliphatic heterocycles. The lowest BCUT2D eigenvalue weighted by Crippen LogP contribution is -2.39. The number of aromatic nitrogens is 3. The molecule has 1 heterocycles. The Bertz CT molecular complexity index is 443. The first-order chi connectivity index (χ1) is 8.95. The quantitative estimate of drug-likeness (QED) is 0.603. The molecule has 0 aliphatic carbocycles. The molecule has 0 bridgehead atoms. The van der Waals surface area contributed by atoms with Crippen molar-refractivity contribution in [3.05, 3.63) is 11.9 Å². The molecule has 1 aromatic rings. The van der Waals surface area contributed by atoms with Crippen LogP contribution in [0.4, 0.5) is 0 Å². The number of carbonyl (C=O) groups is 2. The molecular weight excluding hydrogens is 250 g/mol. The number of carboxylic acids is 1. The van der Waals surface area contributed by atoms with E-state index in [0.29, 0.717) is 19.6 Å². The summed E-state index contributed by atoms with van der Waals surface area (Å²) in [4.78, 5) is 22.4. The fraction of sp³-hybridized carbons (Fsp3) is 0.636. The van der Waals surface area contributed by atoms with Gasteiger partial charge in [-0.05, 0) is 5.92 Å². The molecule has 8 nitrogen and oxygen atoms in total. The monoisotopic (exact) mass is 269 g/mol. The molecule has 4 N–H and O–H groups in total. The van der Waals surface area contributed by atoms with Gasteiger partial charge in [-0.15, -0.1) is 5.10 Å². The molecule has 19 heavy (non-hydrogen) atoms. The minimum absolute atomic E-state index is 0.101. The standard InChI is InChI=1S/C11H19N5O3/c1-7(2)8(5-12)10(17)13-3-4-16-6-9(11(18)19)14-15-16/h6-8H,3-5,12H2,1-2H3,(H,13,17)(H,18,19). The van der Waals surface area contributed by atoms with Crippen molar-refractivity contribution in [2.24, 2.45) is 17.6 Å². The number of amides is 1. The maximum absolute atomic E-state index is 11.8. The molecule has 0 aliphatic rings. The zero-order chi connectivity index (χ0) is 14.4. The van der Waals surface area contributed by atoms with E-state index in [-0.39, 0.29) is 23.4 Å². The molecule has 8 heteroatoms. The second-order valence-electron chi connectivity index (χ2n) is 4.55. The van der Waals surface area contributed by atoms with E-state index in [1.807, 2.05) is 13.8 Å². The third-order valence-electron chi connectivity index (χ3n) is 2.79. The van der Waals surface area contributed by atoms with Crippen LogP contribution in [-0.4, -0.2) is 45.1 Å². The van der Waals surface area contributed by atoms with Gasteiger partial charge in [-0.1, -0.05) is 19.1 Å². The van der Waals surface area contributed by atoms with Crippen molar-refractivity contribution < 1.29 is 14.7 Å². The van der Waals surface area contributed by atoms with Gasteiger partial charge < -0.3 is 16.2 Å². The summed E-state index contributed by atoms with van der Waals surface area (Å²) in [5.41, 5.74) is 5.42. The summed E-state index contributed by atoms with van der Waals surface area (Å²) in [5, 5.41) is 18.5. The van der Waals surface area contributed by atoms with Crippen molar-refractivity contribution in [2.75, 3.05) is 13.1 Å². The lowest BCUT2D eigenvalue weighted by molar-refractivity contribution is -0.125. The van der Waals surface area contributed by atoms with Gasteiger partial charge in [0, 0.05) is 13.1 Å². The van der Waals surface area contributed by atoms with Crippen molar-refractivity contribution in [1.29, 1.82) is 0 Å². The minimum atomic E-state index is -1.13. The van der Waals surface area contributed by atoms with Crippen LogP contribution < -0.4 is 11.1 Å². The van der Waals surface area contributed by atoms with Crippen LogP contribution in [0.15, 0.2) is 6.20 Å². The lowest BCUT2D eigenvalue weighted by Gasteiger charge is -2.18. The second-order valence-corrected chi connectivity index (χ2v) is 4.55. The Kier molecular flexibility index (Phi) is 5.43. The van der Waals surface area contributed by atoms with E-state index in [4.69, 9.17) is 10.8 Å². The van der Waals surface area contributed by atoms with E-state index < -0.39 is 5.97 Å². The summed E-state index contributed by atoms with van der Waals surface area (Å²) >= 11 is 0. The van der Waals surface area contributed by atoms with Crippen molar-refractivity contribution in [1.82, 2.24) is 20.3 Å². The summed E-state index contributed by atoms with van der Waals surface area (Å²) < 4.78 is 1.37. The highest BCUT2D eigenvalue weighted by Crippen LogP contribution is 2.08. The average Bonchev–Trinajstić information content (AvgIpc) is 2.78. The summed E-state index contributed by atoms with van der Waals surface area (Å²) in [6, 6.07) is 0. The average molecular weight is 269 g/mol. The topological polar surface area (TPSA) is 123 Å². The van der Waals surface area contributed by atoms with Gasteiger partial charge in [-0.2, -0.15) is 0 Å². The van der Waals surface area contributed by atoms with Crippen LogP contribution in [0.1, 0.15) is 24.3 Å². The van der Waals surface area contributed by atoms with Crippen LogP contribution >= 0.6 is 0 Å². The molecule has 1 aromatic heterocycles. The van der Waals surface area contributed by atoms with Crippen molar-refractivity contribution in [3.63, 3.8) is 0 Å². The smallest absolute Gasteiger partial charge is 0.358 e. The first-order valence-corrected chi connectivity index (χ1v) is 6.07. The highest BCUT2D eigenvalue weighted by atomic mass is 16.4. The summed E-state index contributed by atoms with van der Waals surface area (Å²) in [6.45, 7) is 4.89. The number of nitrogens with zero attached hydrogens (tertiary/aromatic N) is 3. The highest BCUT2D eigenvalue weighted by molar-refractivity contribution is 5.84. The fourth-order valence-corrected chi connectivity index (χ4v) is 1.61. The molecule has 1 atom stereocenters. The first kappa shape index (κ1) is 15.1. The number of carbonyl (C=O) groups excluding carboxylic acids is 1. The van der Waals surface area contributed by atoms with Crippen molar-refractivity contribution >= 4 is 11.9 Å². The zero-order valence-electron chi connectivity index (χ0n) is 11.0. The summed E-state index contributed by atoms with van der Waals surface area (Å²) in [5.74, 6) is -1.27. The SMILES string of the molecule is CC(C)C(CN)C(=O)NCCn1cc(C(=O)O)nn1. The maximum Gasteiger partial charge on any atom is 0.358 e. The van der Waals surface area contributed by atoms with E-state index in [9.17, 15) is 9.59 Å². The van der Waals surface area contributed by atoms with Gasteiger partial charge in [0.1, 0.15) is 0 Å². The van der Waals surface area contributed by atoms with E-state index in [2.05, 4.69) is 15.6 Å². The van der Waals surface area contributed by atoms with Gasteiger partial charge in [-0.25, -0.2) is 9.48 Å². The van der Waals surface area contributed by atoms with Gasteiger partial charge in [0.05, 0.1) is 18.7 Å². The zero-order valence-corrected chi connectivity index (χ0v) is 11.0. The largest absolute Gasteiger partial charge is 0.476 e. The Balaban J connectivity index is 2.41. The maximum atomic E-state index is 11.8. The molecule has 0 spiro atoms. The third-order valence-corrected chi connectivity index (χ3v) is 2.79. The third kappa shape index (κ3) is 4.32. The normalized spacial score (nSPS) is 12.4. The number of rotatable bonds is 7. The molecule has 0 saturated carbocycles. The number of hydrogen-bond acceptors (Lipinski definition) is 5. The van der Waals surface area contributed by atoms with Crippen LogP contribution in [0.2, 0.25) is 0 Å². The Labute approximate surface area is 111 Å². The number of nitrogens with one attached hydrogen (secondary N) is 1. The first-order valence-electron chi connectivity index (χ1n) is 6.07. The fourth-order valence-electron chi connectivity index (χ4n) is 1.61. The van der Waals surface area contributed by atoms with E-state index in [1.54, 1.807) is 0 Å². The van der Waals surface area contributed by atoms with Crippen LogP contribution in [0.5, 0.6) is 0 Å². The van der Waals surface area contributed by atoms with Crippen LogP contribution in [0, 0.1) is 11.8 Å². The molecule has 106 valence electrons. The van der Waals surface area contributed by atoms with Crippen LogP contribution in [-0.2, 0) is 11.3 Å². The predicted octanol–water partition coefficient (Wildman–Crippen LogP) is -0.677.